The first kappa shape index (κ1) is 34.2. The fourth-order valence-corrected chi connectivity index (χ4v) is 3.30. The molecular formula is C24H34N6O11. The molecule has 1 aliphatic rings. The third kappa shape index (κ3) is 15.4. The van der Waals surface area contributed by atoms with E-state index in [4.69, 9.17) is 5.11 Å². The van der Waals surface area contributed by atoms with Crippen molar-refractivity contribution in [2.24, 2.45) is 0 Å². The van der Waals surface area contributed by atoms with Gasteiger partial charge in [-0.2, -0.15) is 0 Å². The van der Waals surface area contributed by atoms with E-state index in [0.29, 0.717) is 6.42 Å². The Labute approximate surface area is 234 Å². The van der Waals surface area contributed by atoms with Gasteiger partial charge in [-0.15, -0.1) is 0 Å². The quantitative estimate of drug-likeness (QED) is 0.0435. The van der Waals surface area contributed by atoms with Crippen LogP contribution >= 0.6 is 0 Å². The summed E-state index contributed by atoms with van der Waals surface area (Å²) in [7, 11) is 0. The van der Waals surface area contributed by atoms with E-state index < -0.39 is 66.0 Å². The van der Waals surface area contributed by atoms with E-state index >= 15 is 0 Å². The van der Waals surface area contributed by atoms with Gasteiger partial charge in [-0.1, -0.05) is 0 Å². The van der Waals surface area contributed by atoms with Crippen LogP contribution in [0.3, 0.4) is 0 Å². The summed E-state index contributed by atoms with van der Waals surface area (Å²) in [4.78, 5) is 105. The van der Waals surface area contributed by atoms with E-state index in [2.05, 4.69) is 26.6 Å². The van der Waals surface area contributed by atoms with Crippen LogP contribution in [0.5, 0.6) is 0 Å². The average molecular weight is 583 g/mol. The Morgan fingerprint density at radius 2 is 1.07 bits per heavy atom. The first-order valence-corrected chi connectivity index (χ1v) is 12.8. The lowest BCUT2D eigenvalue weighted by Gasteiger charge is -2.17. The standard InChI is InChI=1S/C24H34N6O11/c31-15(27-14-22(38)39)4-1-11-25-16(32)7-8-17(33)26-12-2-5-18(34)28-23(24(40)41)29-19(35)6-3-13-30-20(36)9-10-21(30)37/h9-10,23H,1-8,11-14H2,(H,25,32)(H,26,33)(H,27,31)(H,28,34)(H,29,35)(H,38,39)(H,40,41). The fourth-order valence-electron chi connectivity index (χ4n) is 3.30. The molecule has 7 amide bonds. The van der Waals surface area contributed by atoms with E-state index in [0.717, 1.165) is 17.1 Å². The van der Waals surface area contributed by atoms with Gasteiger partial charge in [-0.3, -0.25) is 43.3 Å². The molecule has 41 heavy (non-hydrogen) atoms. The number of hydrogen-bond donors (Lipinski definition) is 7. The predicted octanol–water partition coefficient (Wildman–Crippen LogP) is -2.89. The highest BCUT2D eigenvalue weighted by Crippen LogP contribution is 2.05. The number of carboxylic acid groups (broad SMARTS) is 2. The van der Waals surface area contributed by atoms with Gasteiger partial charge in [0.25, 0.3) is 11.8 Å². The fraction of sp³-hybridized carbons (Fsp3) is 0.542. The Kier molecular flexibility index (Phi) is 15.4. The highest BCUT2D eigenvalue weighted by Gasteiger charge is 2.24. The SMILES string of the molecule is O=C(O)CNC(=O)CCCNC(=O)CCC(=O)NCCCC(=O)NC(NC(=O)CCCN1C(=O)C=CC1=O)C(=O)O. The number of imide groups is 1. The molecule has 1 aliphatic heterocycles. The van der Waals surface area contributed by atoms with E-state index in [1.807, 2.05) is 0 Å². The Morgan fingerprint density at radius 3 is 1.54 bits per heavy atom. The van der Waals surface area contributed by atoms with Crippen molar-refractivity contribution in [3.63, 3.8) is 0 Å². The third-order valence-corrected chi connectivity index (χ3v) is 5.37. The number of carbonyl (C=O) groups excluding carboxylic acids is 7. The largest absolute Gasteiger partial charge is 0.480 e. The lowest BCUT2D eigenvalue weighted by Crippen LogP contribution is -2.53. The molecule has 17 heteroatoms. The van der Waals surface area contributed by atoms with Crippen molar-refractivity contribution in [2.75, 3.05) is 26.2 Å². The summed E-state index contributed by atoms with van der Waals surface area (Å²) in [5, 5.41) is 29.2. The van der Waals surface area contributed by atoms with Gasteiger partial charge in [-0.05, 0) is 19.3 Å². The van der Waals surface area contributed by atoms with Crippen molar-refractivity contribution in [2.45, 2.75) is 57.5 Å². The molecule has 7 N–H and O–H groups in total. The molecule has 17 nitrogen and oxygen atoms in total. The number of carbonyl (C=O) groups is 9. The van der Waals surface area contributed by atoms with Crippen LogP contribution in [-0.4, -0.2) is 101 Å². The highest BCUT2D eigenvalue weighted by molar-refractivity contribution is 6.12. The van der Waals surface area contributed by atoms with Gasteiger partial charge in [0, 0.05) is 63.9 Å². The highest BCUT2D eigenvalue weighted by atomic mass is 16.4. The second kappa shape index (κ2) is 18.5. The van der Waals surface area contributed by atoms with Crippen LogP contribution in [-0.2, 0) is 43.2 Å². The van der Waals surface area contributed by atoms with E-state index in [1.165, 1.54) is 0 Å². The van der Waals surface area contributed by atoms with Crippen molar-refractivity contribution >= 4 is 53.3 Å². The van der Waals surface area contributed by atoms with Crippen molar-refractivity contribution in [1.82, 2.24) is 31.5 Å². The molecule has 226 valence electrons. The van der Waals surface area contributed by atoms with Crippen molar-refractivity contribution in [1.29, 1.82) is 0 Å². The second-order valence-corrected chi connectivity index (χ2v) is 8.75. The molecule has 0 aromatic rings. The maximum absolute atomic E-state index is 12.1. The Hall–Kier alpha value is -4.83. The first-order chi connectivity index (χ1) is 19.4. The Bertz CT molecular complexity index is 1040. The van der Waals surface area contributed by atoms with Crippen molar-refractivity contribution < 1.29 is 53.4 Å². The van der Waals surface area contributed by atoms with Crippen LogP contribution in [0.1, 0.15) is 51.4 Å². The zero-order valence-corrected chi connectivity index (χ0v) is 22.2. The lowest BCUT2D eigenvalue weighted by atomic mass is 10.2. The molecule has 0 radical (unpaired) electrons. The van der Waals surface area contributed by atoms with Crippen LogP contribution in [0.4, 0.5) is 0 Å². The number of nitrogens with zero attached hydrogens (tertiary/aromatic N) is 1. The maximum atomic E-state index is 12.1. The van der Waals surface area contributed by atoms with Gasteiger partial charge in [0.05, 0.1) is 0 Å². The maximum Gasteiger partial charge on any atom is 0.347 e. The molecule has 0 spiro atoms. The van der Waals surface area contributed by atoms with Gasteiger partial charge in [-0.25, -0.2) is 4.79 Å². The summed E-state index contributed by atoms with van der Waals surface area (Å²) >= 11 is 0. The first-order valence-electron chi connectivity index (χ1n) is 12.8. The normalized spacial score (nSPS) is 12.8. The smallest absolute Gasteiger partial charge is 0.347 e. The van der Waals surface area contributed by atoms with Gasteiger partial charge < -0.3 is 36.8 Å². The Balaban J connectivity index is 2.17. The summed E-state index contributed by atoms with van der Waals surface area (Å²) in [6.45, 7) is -0.255. The molecule has 0 saturated carbocycles. The second-order valence-electron chi connectivity index (χ2n) is 8.75. The number of carboxylic acids is 2. The molecule has 1 rings (SSSR count). The minimum absolute atomic E-state index is 0.0176. The molecular weight excluding hydrogens is 548 g/mol. The molecule has 1 heterocycles. The van der Waals surface area contributed by atoms with Gasteiger partial charge in [0.1, 0.15) is 6.54 Å². The van der Waals surface area contributed by atoms with Crippen LogP contribution in [0.2, 0.25) is 0 Å². The number of aliphatic carboxylic acids is 2. The molecule has 0 aromatic heterocycles. The van der Waals surface area contributed by atoms with Crippen LogP contribution in [0, 0.1) is 0 Å². The zero-order valence-electron chi connectivity index (χ0n) is 22.2. The molecule has 0 aliphatic carbocycles. The number of hydrogen-bond acceptors (Lipinski definition) is 9. The van der Waals surface area contributed by atoms with E-state index in [1.54, 1.807) is 0 Å². The zero-order chi connectivity index (χ0) is 30.8. The summed E-state index contributed by atoms with van der Waals surface area (Å²) in [5.74, 6) is -6.39. The molecule has 0 saturated heterocycles. The minimum Gasteiger partial charge on any atom is -0.480 e. The van der Waals surface area contributed by atoms with Gasteiger partial charge in [0.2, 0.25) is 35.7 Å². The number of amides is 7. The Morgan fingerprint density at radius 1 is 0.634 bits per heavy atom. The molecule has 0 fully saturated rings. The molecule has 1 unspecified atom stereocenters. The minimum atomic E-state index is -1.70. The lowest BCUT2D eigenvalue weighted by molar-refractivity contribution is -0.145. The predicted molar refractivity (Wildman–Crippen MR) is 137 cm³/mol. The third-order valence-electron chi connectivity index (χ3n) is 5.37. The topological polar surface area (TPSA) is 257 Å². The van der Waals surface area contributed by atoms with Gasteiger partial charge in [0.15, 0.2) is 0 Å². The number of nitrogens with one attached hydrogen (secondary N) is 5. The molecule has 0 aromatic carbocycles. The summed E-state index contributed by atoms with van der Waals surface area (Å²) < 4.78 is 0. The summed E-state index contributed by atoms with van der Waals surface area (Å²) in [6, 6.07) is 0. The van der Waals surface area contributed by atoms with Crippen LogP contribution in [0.15, 0.2) is 12.2 Å². The molecule has 1 atom stereocenters. The monoisotopic (exact) mass is 582 g/mol. The van der Waals surface area contributed by atoms with Crippen molar-refractivity contribution in [3.05, 3.63) is 12.2 Å². The van der Waals surface area contributed by atoms with Gasteiger partial charge >= 0.3 is 11.9 Å². The van der Waals surface area contributed by atoms with Crippen molar-refractivity contribution in [3.8, 4) is 0 Å². The van der Waals surface area contributed by atoms with Crippen LogP contribution in [0.25, 0.3) is 0 Å². The summed E-state index contributed by atoms with van der Waals surface area (Å²) in [5.41, 5.74) is 0. The molecule has 0 bridgehead atoms. The average Bonchev–Trinajstić information content (AvgIpc) is 3.23. The number of rotatable bonds is 20. The van der Waals surface area contributed by atoms with E-state index in [9.17, 15) is 48.3 Å². The van der Waals surface area contributed by atoms with E-state index in [-0.39, 0.29) is 64.6 Å². The summed E-state index contributed by atoms with van der Waals surface area (Å²) in [6.07, 6.45) is 0.503. The van der Waals surface area contributed by atoms with Crippen LogP contribution < -0.4 is 26.6 Å².